The van der Waals surface area contributed by atoms with Gasteiger partial charge in [0, 0.05) is 5.39 Å². The van der Waals surface area contributed by atoms with Gasteiger partial charge in [-0.15, -0.1) is 0 Å². The Morgan fingerprint density at radius 1 is 1.35 bits per heavy atom. The van der Waals surface area contributed by atoms with Crippen LogP contribution in [0.4, 0.5) is 0 Å². The fourth-order valence-corrected chi connectivity index (χ4v) is 2.83. The summed E-state index contributed by atoms with van der Waals surface area (Å²) >= 11 is 0. The lowest BCUT2D eigenvalue weighted by Crippen LogP contribution is -2.13. The third kappa shape index (κ3) is 1.94. The second kappa shape index (κ2) is 3.98. The highest BCUT2D eigenvalue weighted by molar-refractivity contribution is 7.89. The van der Waals surface area contributed by atoms with Crippen molar-refractivity contribution in [2.75, 3.05) is 0 Å². The van der Waals surface area contributed by atoms with Crippen LogP contribution in [0.15, 0.2) is 23.1 Å². The molecule has 1 fully saturated rings. The molecule has 1 saturated carbocycles. The van der Waals surface area contributed by atoms with Crippen molar-refractivity contribution >= 4 is 20.9 Å². The zero-order valence-electron chi connectivity index (χ0n) is 10.8. The SMILES string of the molecule is Cc1nc(C2(C#N)CC2)c2cc(S(N)(=O)=O)ccc2n1. The van der Waals surface area contributed by atoms with Crippen molar-refractivity contribution in [3.63, 3.8) is 0 Å². The molecule has 1 aromatic heterocycles. The van der Waals surface area contributed by atoms with E-state index >= 15 is 0 Å². The molecule has 0 aliphatic heterocycles. The first-order valence-corrected chi connectivity index (χ1v) is 7.63. The van der Waals surface area contributed by atoms with Gasteiger partial charge in [-0.1, -0.05) is 0 Å². The minimum Gasteiger partial charge on any atom is -0.236 e. The molecule has 1 aliphatic rings. The van der Waals surface area contributed by atoms with Crippen LogP contribution in [0.2, 0.25) is 0 Å². The number of benzene rings is 1. The van der Waals surface area contributed by atoms with Gasteiger partial charge < -0.3 is 0 Å². The van der Waals surface area contributed by atoms with Gasteiger partial charge in [0.2, 0.25) is 10.0 Å². The fourth-order valence-electron chi connectivity index (χ4n) is 2.29. The van der Waals surface area contributed by atoms with Crippen LogP contribution in [0.25, 0.3) is 10.9 Å². The summed E-state index contributed by atoms with van der Waals surface area (Å²) in [5, 5.41) is 15.1. The third-order valence-corrected chi connectivity index (χ3v) is 4.44. The van der Waals surface area contributed by atoms with Crippen LogP contribution in [-0.4, -0.2) is 18.4 Å². The van der Waals surface area contributed by atoms with Gasteiger partial charge in [-0.3, -0.25) is 0 Å². The van der Waals surface area contributed by atoms with E-state index in [9.17, 15) is 13.7 Å². The Labute approximate surface area is 116 Å². The van der Waals surface area contributed by atoms with Crippen molar-refractivity contribution in [3.8, 4) is 6.07 Å². The molecule has 2 aromatic rings. The van der Waals surface area contributed by atoms with E-state index < -0.39 is 15.4 Å². The average molecular weight is 288 g/mol. The van der Waals surface area contributed by atoms with E-state index in [0.717, 1.165) is 12.8 Å². The summed E-state index contributed by atoms with van der Waals surface area (Å²) in [6, 6.07) is 6.74. The van der Waals surface area contributed by atoms with E-state index in [0.29, 0.717) is 22.4 Å². The highest BCUT2D eigenvalue weighted by Gasteiger charge is 2.47. The number of nitrogens with two attached hydrogens (primary N) is 1. The lowest BCUT2D eigenvalue weighted by atomic mass is 9.99. The first-order valence-electron chi connectivity index (χ1n) is 6.09. The maximum absolute atomic E-state index is 11.5. The number of aromatic nitrogens is 2. The van der Waals surface area contributed by atoms with Gasteiger partial charge in [-0.25, -0.2) is 23.5 Å². The van der Waals surface area contributed by atoms with E-state index in [2.05, 4.69) is 16.0 Å². The molecule has 1 aromatic carbocycles. The van der Waals surface area contributed by atoms with Crippen LogP contribution >= 0.6 is 0 Å². The minimum absolute atomic E-state index is 0.00689. The summed E-state index contributed by atoms with van der Waals surface area (Å²) in [7, 11) is -3.79. The fraction of sp³-hybridized carbons (Fsp3) is 0.308. The van der Waals surface area contributed by atoms with E-state index in [4.69, 9.17) is 5.14 Å². The molecule has 6 nitrogen and oxygen atoms in total. The van der Waals surface area contributed by atoms with Gasteiger partial charge in [-0.05, 0) is 38.0 Å². The van der Waals surface area contributed by atoms with Gasteiger partial charge in [0.05, 0.1) is 22.2 Å². The van der Waals surface area contributed by atoms with Crippen molar-refractivity contribution in [3.05, 3.63) is 29.7 Å². The molecule has 0 atom stereocenters. The van der Waals surface area contributed by atoms with Crippen molar-refractivity contribution < 1.29 is 8.42 Å². The highest BCUT2D eigenvalue weighted by Crippen LogP contribution is 2.48. The number of primary sulfonamides is 1. The zero-order valence-corrected chi connectivity index (χ0v) is 11.6. The summed E-state index contributed by atoms with van der Waals surface area (Å²) in [5.74, 6) is 0.567. The van der Waals surface area contributed by atoms with Crippen molar-refractivity contribution in [1.29, 1.82) is 5.26 Å². The second-order valence-electron chi connectivity index (χ2n) is 5.04. The lowest BCUT2D eigenvalue weighted by molar-refractivity contribution is 0.598. The van der Waals surface area contributed by atoms with E-state index in [1.807, 2.05) is 0 Å². The molecular weight excluding hydrogens is 276 g/mol. The standard InChI is InChI=1S/C13H12N4O2S/c1-8-16-11-3-2-9(20(15,18)19)6-10(11)12(17-8)13(7-14)4-5-13/h2-3,6H,4-5H2,1H3,(H2,15,18,19). The number of hydrogen-bond acceptors (Lipinski definition) is 5. The van der Waals surface area contributed by atoms with Gasteiger partial charge in [0.1, 0.15) is 11.2 Å². The predicted molar refractivity (Wildman–Crippen MR) is 72.2 cm³/mol. The van der Waals surface area contributed by atoms with E-state index in [-0.39, 0.29) is 4.90 Å². The molecule has 0 spiro atoms. The molecule has 0 bridgehead atoms. The molecule has 0 unspecified atom stereocenters. The number of hydrogen-bond donors (Lipinski definition) is 1. The topological polar surface area (TPSA) is 110 Å². The predicted octanol–water partition coefficient (Wildman–Crippen LogP) is 1.14. The van der Waals surface area contributed by atoms with Crippen molar-refractivity contribution in [2.45, 2.75) is 30.1 Å². The normalized spacial score (nSPS) is 16.9. The number of aryl methyl sites for hydroxylation is 1. The Morgan fingerprint density at radius 2 is 2.05 bits per heavy atom. The number of nitriles is 1. The van der Waals surface area contributed by atoms with Crippen LogP contribution in [0.5, 0.6) is 0 Å². The number of sulfonamides is 1. The molecule has 0 amide bonds. The molecule has 3 rings (SSSR count). The van der Waals surface area contributed by atoms with Gasteiger partial charge in [0.15, 0.2) is 0 Å². The van der Waals surface area contributed by atoms with Crippen LogP contribution in [-0.2, 0) is 15.4 Å². The molecule has 2 N–H and O–H groups in total. The Bertz CT molecular complexity index is 864. The second-order valence-corrected chi connectivity index (χ2v) is 6.60. The zero-order chi connectivity index (χ0) is 14.5. The number of nitrogens with zero attached hydrogens (tertiary/aromatic N) is 3. The summed E-state index contributed by atoms with van der Waals surface area (Å²) in [4.78, 5) is 8.65. The molecular formula is C13H12N4O2S. The first-order chi connectivity index (χ1) is 9.36. The number of rotatable bonds is 2. The molecule has 1 aliphatic carbocycles. The minimum atomic E-state index is -3.79. The first kappa shape index (κ1) is 13.0. The summed E-state index contributed by atoms with van der Waals surface area (Å²) in [6.45, 7) is 1.75. The monoisotopic (exact) mass is 288 g/mol. The smallest absolute Gasteiger partial charge is 0.236 e. The van der Waals surface area contributed by atoms with E-state index in [1.54, 1.807) is 13.0 Å². The summed E-state index contributed by atoms with van der Waals surface area (Å²) in [5.41, 5.74) is 0.623. The Balaban J connectivity index is 2.36. The van der Waals surface area contributed by atoms with Crippen LogP contribution in [0.3, 0.4) is 0 Å². The van der Waals surface area contributed by atoms with Crippen LogP contribution in [0, 0.1) is 18.3 Å². The number of fused-ring (bicyclic) bond motifs is 1. The Hall–Kier alpha value is -2.04. The molecule has 102 valence electrons. The molecule has 0 saturated heterocycles. The highest BCUT2D eigenvalue weighted by atomic mass is 32.2. The largest absolute Gasteiger partial charge is 0.238 e. The van der Waals surface area contributed by atoms with Crippen molar-refractivity contribution in [1.82, 2.24) is 9.97 Å². The van der Waals surface area contributed by atoms with Gasteiger partial charge in [0.25, 0.3) is 0 Å². The maximum Gasteiger partial charge on any atom is 0.238 e. The molecule has 1 heterocycles. The third-order valence-electron chi connectivity index (χ3n) is 3.52. The summed E-state index contributed by atoms with van der Waals surface area (Å²) < 4.78 is 22.9. The lowest BCUT2D eigenvalue weighted by Gasteiger charge is -2.11. The van der Waals surface area contributed by atoms with Crippen LogP contribution in [0.1, 0.15) is 24.4 Å². The average Bonchev–Trinajstić information content (AvgIpc) is 3.17. The summed E-state index contributed by atoms with van der Waals surface area (Å²) in [6.07, 6.45) is 1.46. The van der Waals surface area contributed by atoms with Crippen molar-refractivity contribution in [2.24, 2.45) is 5.14 Å². The molecule has 20 heavy (non-hydrogen) atoms. The van der Waals surface area contributed by atoms with E-state index in [1.165, 1.54) is 12.1 Å². The molecule has 7 heteroatoms. The maximum atomic E-state index is 11.5. The Kier molecular flexibility index (Phi) is 2.58. The quantitative estimate of drug-likeness (QED) is 0.891. The van der Waals surface area contributed by atoms with Gasteiger partial charge >= 0.3 is 0 Å². The van der Waals surface area contributed by atoms with Gasteiger partial charge in [-0.2, -0.15) is 5.26 Å². The Morgan fingerprint density at radius 3 is 2.60 bits per heavy atom. The molecule has 0 radical (unpaired) electrons. The van der Waals surface area contributed by atoms with Crippen LogP contribution < -0.4 is 5.14 Å².